The van der Waals surface area contributed by atoms with Crippen molar-refractivity contribution in [3.05, 3.63) is 58.1 Å². The van der Waals surface area contributed by atoms with Crippen molar-refractivity contribution in [2.24, 2.45) is 15.2 Å². The molecule has 2 aromatic rings. The number of fused-ring (bicyclic) bond motifs is 2. The standard InChI is InChI=1S/C20H24N4O2S/c21-12-13-7-9-16(10-8-13)27(22,26)24-20(25)23-19-17-5-1-3-14(17)11-15-4-2-6-18(15)19/h7-11H,1-6,12,21H2,(H3,22,23,24,25,26). The van der Waals surface area contributed by atoms with Crippen molar-refractivity contribution in [2.45, 2.75) is 50.0 Å². The third-order valence-electron chi connectivity index (χ3n) is 5.42. The average Bonchev–Trinajstić information content (AvgIpc) is 3.30. The van der Waals surface area contributed by atoms with Gasteiger partial charge < -0.3 is 11.1 Å². The zero-order valence-corrected chi connectivity index (χ0v) is 16.0. The highest BCUT2D eigenvalue weighted by molar-refractivity contribution is 7.91. The number of benzene rings is 2. The van der Waals surface area contributed by atoms with E-state index in [1.807, 2.05) is 0 Å². The first-order chi connectivity index (χ1) is 13.0. The molecule has 5 N–H and O–H groups in total. The van der Waals surface area contributed by atoms with Crippen LogP contribution in [0, 0.1) is 0 Å². The molecule has 142 valence electrons. The van der Waals surface area contributed by atoms with E-state index in [1.54, 1.807) is 24.3 Å². The minimum atomic E-state index is -3.31. The fourth-order valence-corrected chi connectivity index (χ4v) is 5.02. The molecule has 6 nitrogen and oxygen atoms in total. The molecule has 7 heteroatoms. The molecule has 4 rings (SSSR count). The molecule has 0 bridgehead atoms. The number of anilines is 1. The number of nitrogens with zero attached hydrogens (tertiary/aromatic N) is 1. The van der Waals surface area contributed by atoms with Crippen molar-refractivity contribution >= 4 is 21.6 Å². The molecule has 0 fully saturated rings. The van der Waals surface area contributed by atoms with Crippen LogP contribution < -0.4 is 16.2 Å². The predicted octanol–water partition coefficient (Wildman–Crippen LogP) is 3.06. The van der Waals surface area contributed by atoms with Crippen LogP contribution in [-0.4, -0.2) is 10.2 Å². The van der Waals surface area contributed by atoms with Crippen molar-refractivity contribution in [1.82, 2.24) is 0 Å². The van der Waals surface area contributed by atoms with Crippen molar-refractivity contribution in [3.63, 3.8) is 0 Å². The molecule has 0 aliphatic heterocycles. The Morgan fingerprint density at radius 1 is 1.04 bits per heavy atom. The lowest BCUT2D eigenvalue weighted by Gasteiger charge is -2.15. The first-order valence-electron chi connectivity index (χ1n) is 9.29. The molecule has 0 saturated heterocycles. The lowest BCUT2D eigenvalue weighted by molar-refractivity contribution is 0.260. The summed E-state index contributed by atoms with van der Waals surface area (Å²) >= 11 is 0. The molecule has 2 aromatic carbocycles. The molecule has 2 aliphatic rings. The molecular weight excluding hydrogens is 360 g/mol. The monoisotopic (exact) mass is 384 g/mol. The van der Waals surface area contributed by atoms with Crippen molar-refractivity contribution in [1.29, 1.82) is 0 Å². The molecule has 0 saturated carbocycles. The Labute approximate surface area is 159 Å². The van der Waals surface area contributed by atoms with Crippen LogP contribution in [0.4, 0.5) is 10.5 Å². The highest BCUT2D eigenvalue weighted by Gasteiger charge is 2.25. The SMILES string of the molecule is NCc1ccc(S(N)(=O)=NC(=O)Nc2c3c(cc4c2CCC4)CCC3)cc1. The summed E-state index contributed by atoms with van der Waals surface area (Å²) in [6.45, 7) is 0.383. The zero-order chi connectivity index (χ0) is 19.0. The maximum atomic E-state index is 12.8. The van der Waals surface area contributed by atoms with E-state index >= 15 is 0 Å². The Hall–Kier alpha value is -2.22. The number of amides is 2. The van der Waals surface area contributed by atoms with Crippen LogP contribution in [-0.2, 0) is 42.1 Å². The van der Waals surface area contributed by atoms with Gasteiger partial charge in [-0.25, -0.2) is 14.1 Å². The zero-order valence-electron chi connectivity index (χ0n) is 15.2. The number of carbonyl (C=O) groups excluding carboxylic acids is 1. The number of urea groups is 1. The first-order valence-corrected chi connectivity index (χ1v) is 10.9. The first kappa shape index (κ1) is 18.2. The van der Waals surface area contributed by atoms with Gasteiger partial charge >= 0.3 is 6.03 Å². The number of carbonyl (C=O) groups is 1. The van der Waals surface area contributed by atoms with Gasteiger partial charge in [0.2, 0.25) is 0 Å². The second-order valence-corrected chi connectivity index (χ2v) is 8.96. The van der Waals surface area contributed by atoms with E-state index in [2.05, 4.69) is 15.7 Å². The summed E-state index contributed by atoms with van der Waals surface area (Å²) in [5.41, 5.74) is 12.4. The Bertz CT molecular complexity index is 989. The molecule has 27 heavy (non-hydrogen) atoms. The van der Waals surface area contributed by atoms with Crippen LogP contribution in [0.3, 0.4) is 0 Å². The summed E-state index contributed by atoms with van der Waals surface area (Å²) in [7, 11) is -3.31. The van der Waals surface area contributed by atoms with E-state index in [0.717, 1.165) is 49.8 Å². The minimum Gasteiger partial charge on any atom is -0.326 e. The van der Waals surface area contributed by atoms with E-state index in [1.165, 1.54) is 22.3 Å². The summed E-state index contributed by atoms with van der Waals surface area (Å²) in [6.07, 6.45) is 6.19. The van der Waals surface area contributed by atoms with Crippen LogP contribution in [0.25, 0.3) is 0 Å². The van der Waals surface area contributed by atoms with Crippen LogP contribution >= 0.6 is 0 Å². The Balaban J connectivity index is 1.65. The van der Waals surface area contributed by atoms with E-state index in [-0.39, 0.29) is 0 Å². The second kappa shape index (κ2) is 7.07. The number of hydrogen-bond donors (Lipinski definition) is 3. The number of aryl methyl sites for hydroxylation is 2. The second-order valence-electron chi connectivity index (χ2n) is 7.17. The molecule has 0 aromatic heterocycles. The van der Waals surface area contributed by atoms with Gasteiger partial charge in [0.05, 0.1) is 4.90 Å². The Morgan fingerprint density at radius 3 is 2.19 bits per heavy atom. The molecule has 2 aliphatic carbocycles. The predicted molar refractivity (Wildman–Crippen MR) is 107 cm³/mol. The van der Waals surface area contributed by atoms with Gasteiger partial charge in [0.1, 0.15) is 9.92 Å². The third kappa shape index (κ3) is 3.50. The van der Waals surface area contributed by atoms with Crippen LogP contribution in [0.2, 0.25) is 0 Å². The third-order valence-corrected chi connectivity index (χ3v) is 6.80. The summed E-state index contributed by atoms with van der Waals surface area (Å²) in [4.78, 5) is 12.9. The topological polar surface area (TPSA) is 111 Å². The number of rotatable bonds is 3. The van der Waals surface area contributed by atoms with Gasteiger partial charge in [-0.15, -0.1) is 4.36 Å². The van der Waals surface area contributed by atoms with E-state index in [4.69, 9.17) is 10.9 Å². The van der Waals surface area contributed by atoms with Crippen molar-refractivity contribution in [3.8, 4) is 0 Å². The van der Waals surface area contributed by atoms with Gasteiger partial charge in [-0.2, -0.15) is 0 Å². The van der Waals surface area contributed by atoms with Crippen LogP contribution in [0.1, 0.15) is 40.7 Å². The largest absolute Gasteiger partial charge is 0.354 e. The Kier molecular flexibility index (Phi) is 4.75. The normalized spacial score (nSPS) is 17.1. The number of hydrogen-bond acceptors (Lipinski definition) is 3. The summed E-state index contributed by atoms with van der Waals surface area (Å²) < 4.78 is 16.6. The fraction of sp³-hybridized carbons (Fsp3) is 0.350. The van der Waals surface area contributed by atoms with Gasteiger partial charge in [0.25, 0.3) is 0 Å². The molecule has 0 heterocycles. The Morgan fingerprint density at radius 2 is 1.63 bits per heavy atom. The van der Waals surface area contributed by atoms with E-state index < -0.39 is 15.9 Å². The highest BCUT2D eigenvalue weighted by Crippen LogP contribution is 2.38. The average molecular weight is 385 g/mol. The summed E-state index contributed by atoms with van der Waals surface area (Å²) in [5, 5.41) is 8.79. The lowest BCUT2D eigenvalue weighted by atomic mass is 9.99. The highest BCUT2D eigenvalue weighted by atomic mass is 32.2. The number of nitrogens with one attached hydrogen (secondary N) is 1. The van der Waals surface area contributed by atoms with Crippen molar-refractivity contribution in [2.75, 3.05) is 5.32 Å². The van der Waals surface area contributed by atoms with Crippen LogP contribution in [0.15, 0.2) is 39.6 Å². The molecule has 2 amide bonds. The van der Waals surface area contributed by atoms with E-state index in [9.17, 15) is 9.00 Å². The van der Waals surface area contributed by atoms with Crippen molar-refractivity contribution < 1.29 is 9.00 Å². The van der Waals surface area contributed by atoms with Gasteiger partial charge in [-0.3, -0.25) is 0 Å². The lowest BCUT2D eigenvalue weighted by Crippen LogP contribution is -2.19. The minimum absolute atomic E-state index is 0.318. The molecule has 1 atom stereocenters. The van der Waals surface area contributed by atoms with Crippen LogP contribution in [0.5, 0.6) is 0 Å². The quantitative estimate of drug-likeness (QED) is 0.756. The van der Waals surface area contributed by atoms with E-state index in [0.29, 0.717) is 11.4 Å². The molecular formula is C20H24N4O2S. The smallest absolute Gasteiger partial charge is 0.326 e. The van der Waals surface area contributed by atoms with Gasteiger partial charge in [0.15, 0.2) is 0 Å². The maximum Gasteiger partial charge on any atom is 0.354 e. The molecule has 0 radical (unpaired) electrons. The fourth-order valence-electron chi connectivity index (χ4n) is 4.09. The maximum absolute atomic E-state index is 12.8. The molecule has 1 unspecified atom stereocenters. The van der Waals surface area contributed by atoms with Gasteiger partial charge in [0, 0.05) is 12.2 Å². The van der Waals surface area contributed by atoms with Gasteiger partial charge in [-0.05, 0) is 78.5 Å². The number of nitrogens with two attached hydrogens (primary N) is 2. The summed E-state index contributed by atoms with van der Waals surface area (Å²) in [5.74, 6) is 0. The summed E-state index contributed by atoms with van der Waals surface area (Å²) in [6, 6.07) is 8.35. The van der Waals surface area contributed by atoms with Gasteiger partial charge in [-0.1, -0.05) is 18.2 Å². The molecule has 0 spiro atoms.